The van der Waals surface area contributed by atoms with Gasteiger partial charge in [0.2, 0.25) is 5.91 Å². The minimum absolute atomic E-state index is 0.00364. The summed E-state index contributed by atoms with van der Waals surface area (Å²) in [5, 5.41) is 0. The van der Waals surface area contributed by atoms with Crippen molar-refractivity contribution in [3.05, 3.63) is 54.1 Å². The van der Waals surface area contributed by atoms with Gasteiger partial charge in [-0.05, 0) is 37.1 Å². The molecule has 1 saturated heterocycles. The first-order chi connectivity index (χ1) is 12.2. The molecule has 0 saturated carbocycles. The fourth-order valence-electron chi connectivity index (χ4n) is 3.01. The van der Waals surface area contributed by atoms with Gasteiger partial charge < -0.3 is 14.4 Å². The summed E-state index contributed by atoms with van der Waals surface area (Å²) < 4.78 is 11.3. The second kappa shape index (κ2) is 8.07. The van der Waals surface area contributed by atoms with Crippen molar-refractivity contribution in [2.75, 3.05) is 20.3 Å². The van der Waals surface area contributed by atoms with Crippen molar-refractivity contribution in [3.63, 3.8) is 0 Å². The van der Waals surface area contributed by atoms with Crippen LogP contribution in [0, 0.1) is 6.92 Å². The van der Waals surface area contributed by atoms with Crippen molar-refractivity contribution < 1.29 is 14.3 Å². The van der Waals surface area contributed by atoms with Gasteiger partial charge in [-0.3, -0.25) is 14.8 Å². The summed E-state index contributed by atoms with van der Waals surface area (Å²) in [5.41, 5.74) is 1.86. The molecule has 0 unspecified atom stereocenters. The summed E-state index contributed by atoms with van der Waals surface area (Å²) in [6, 6.07) is 7.56. The molecule has 0 spiro atoms. The van der Waals surface area contributed by atoms with Crippen molar-refractivity contribution >= 4 is 5.91 Å². The maximum atomic E-state index is 12.8. The number of aryl methyl sites for hydroxylation is 1. The number of ether oxygens (including phenoxy) is 2. The summed E-state index contributed by atoms with van der Waals surface area (Å²) in [5.74, 6) is 0.781. The van der Waals surface area contributed by atoms with Gasteiger partial charge in [0.15, 0.2) is 0 Å². The summed E-state index contributed by atoms with van der Waals surface area (Å²) in [7, 11) is 1.68. The quantitative estimate of drug-likeness (QED) is 0.804. The normalized spacial score (nSPS) is 19.8. The van der Waals surface area contributed by atoms with Gasteiger partial charge >= 0.3 is 0 Å². The van der Waals surface area contributed by atoms with Gasteiger partial charge in [0.25, 0.3) is 0 Å². The van der Waals surface area contributed by atoms with Gasteiger partial charge in [0.1, 0.15) is 12.4 Å². The lowest BCUT2D eigenvalue weighted by atomic mass is 10.1. The lowest BCUT2D eigenvalue weighted by Gasteiger charge is -2.24. The maximum Gasteiger partial charge on any atom is 0.227 e. The molecule has 1 fully saturated rings. The van der Waals surface area contributed by atoms with Crippen LogP contribution in [0.5, 0.6) is 5.75 Å². The molecule has 2 aromatic rings. The number of hydrogen-bond donors (Lipinski definition) is 0. The summed E-state index contributed by atoms with van der Waals surface area (Å²) in [6.45, 7) is 2.96. The average Bonchev–Trinajstić information content (AvgIpc) is 3.06. The van der Waals surface area contributed by atoms with Crippen LogP contribution in [-0.4, -0.2) is 53.2 Å². The van der Waals surface area contributed by atoms with Crippen LogP contribution in [0.2, 0.25) is 0 Å². The molecule has 0 N–H and O–H groups in total. The third-order valence-electron chi connectivity index (χ3n) is 4.43. The highest BCUT2D eigenvalue weighted by molar-refractivity contribution is 5.79. The van der Waals surface area contributed by atoms with Gasteiger partial charge in [-0.25, -0.2) is 0 Å². The Hall–Kier alpha value is -2.47. The molecular formula is C19H23N3O3. The van der Waals surface area contributed by atoms with Crippen LogP contribution in [0.3, 0.4) is 0 Å². The molecule has 6 nitrogen and oxygen atoms in total. The summed E-state index contributed by atoms with van der Waals surface area (Å²) in [4.78, 5) is 22.9. The molecule has 1 amide bonds. The first kappa shape index (κ1) is 17.4. The zero-order valence-corrected chi connectivity index (χ0v) is 14.6. The fraction of sp³-hybridized carbons (Fsp3) is 0.421. The minimum atomic E-state index is -0.00364. The van der Waals surface area contributed by atoms with Crippen molar-refractivity contribution in [2.45, 2.75) is 31.9 Å². The van der Waals surface area contributed by atoms with Gasteiger partial charge in [0.05, 0.1) is 24.8 Å². The van der Waals surface area contributed by atoms with Crippen LogP contribution in [0.15, 0.2) is 42.9 Å². The van der Waals surface area contributed by atoms with Crippen LogP contribution >= 0.6 is 0 Å². The smallest absolute Gasteiger partial charge is 0.227 e. The number of rotatable bonds is 6. The monoisotopic (exact) mass is 341 g/mol. The second-order valence-electron chi connectivity index (χ2n) is 6.28. The van der Waals surface area contributed by atoms with Crippen LogP contribution in [0.4, 0.5) is 0 Å². The van der Waals surface area contributed by atoms with E-state index < -0.39 is 0 Å². The fourth-order valence-corrected chi connectivity index (χ4v) is 3.01. The molecule has 3 heterocycles. The predicted molar refractivity (Wildman–Crippen MR) is 93.3 cm³/mol. The highest BCUT2D eigenvalue weighted by Gasteiger charge is 2.35. The molecule has 0 aliphatic carbocycles. The second-order valence-corrected chi connectivity index (χ2v) is 6.28. The minimum Gasteiger partial charge on any atom is -0.490 e. The van der Waals surface area contributed by atoms with Crippen LogP contribution < -0.4 is 4.74 Å². The van der Waals surface area contributed by atoms with Crippen molar-refractivity contribution in [2.24, 2.45) is 0 Å². The number of amides is 1. The number of likely N-dealkylation sites (tertiary alicyclic amines) is 1. The van der Waals surface area contributed by atoms with Crippen molar-refractivity contribution in [1.29, 1.82) is 0 Å². The zero-order chi connectivity index (χ0) is 17.6. The molecule has 25 heavy (non-hydrogen) atoms. The molecule has 2 aromatic heterocycles. The largest absolute Gasteiger partial charge is 0.490 e. The molecule has 0 radical (unpaired) electrons. The Morgan fingerprint density at radius 1 is 1.32 bits per heavy atom. The van der Waals surface area contributed by atoms with E-state index in [1.807, 2.05) is 36.1 Å². The number of methoxy groups -OCH3 is 1. The molecule has 132 valence electrons. The summed E-state index contributed by atoms with van der Waals surface area (Å²) >= 11 is 0. The number of nitrogens with zero attached hydrogens (tertiary/aromatic N) is 3. The maximum absolute atomic E-state index is 12.8. The Labute approximate surface area is 147 Å². The highest BCUT2D eigenvalue weighted by Crippen LogP contribution is 2.22. The molecule has 1 aliphatic heterocycles. The molecule has 0 bridgehead atoms. The van der Waals surface area contributed by atoms with E-state index in [9.17, 15) is 4.79 Å². The summed E-state index contributed by atoms with van der Waals surface area (Å²) in [6.07, 6.45) is 6.30. The van der Waals surface area contributed by atoms with Gasteiger partial charge in [0, 0.05) is 31.7 Å². The van der Waals surface area contributed by atoms with Gasteiger partial charge in [-0.15, -0.1) is 0 Å². The van der Waals surface area contributed by atoms with Crippen LogP contribution in [0.1, 0.15) is 17.7 Å². The van der Waals surface area contributed by atoms with Crippen molar-refractivity contribution in [3.8, 4) is 5.75 Å². The Morgan fingerprint density at radius 2 is 2.20 bits per heavy atom. The molecule has 6 heteroatoms. The molecule has 2 atom stereocenters. The third-order valence-corrected chi connectivity index (χ3v) is 4.43. The number of hydrogen-bond acceptors (Lipinski definition) is 5. The predicted octanol–water partition coefficient (Wildman–Crippen LogP) is 2.02. The van der Waals surface area contributed by atoms with E-state index in [1.165, 1.54) is 0 Å². The van der Waals surface area contributed by atoms with Gasteiger partial charge in [-0.1, -0.05) is 6.07 Å². The van der Waals surface area contributed by atoms with Crippen LogP contribution in [-0.2, 0) is 16.0 Å². The van der Waals surface area contributed by atoms with Gasteiger partial charge in [-0.2, -0.15) is 0 Å². The van der Waals surface area contributed by atoms with Crippen LogP contribution in [0.25, 0.3) is 0 Å². The Morgan fingerprint density at radius 3 is 2.88 bits per heavy atom. The SMILES string of the molecule is CO[C@@H]1C[C@@H](COc2cccnc2)N(C(=O)Cc2ccc(C)nc2)C1. The van der Waals surface area contributed by atoms with E-state index in [2.05, 4.69) is 9.97 Å². The van der Waals surface area contributed by atoms with E-state index in [1.54, 1.807) is 25.7 Å². The first-order valence-corrected chi connectivity index (χ1v) is 8.42. The molecule has 1 aliphatic rings. The van der Waals surface area contributed by atoms with Crippen molar-refractivity contribution in [1.82, 2.24) is 14.9 Å². The lowest BCUT2D eigenvalue weighted by molar-refractivity contribution is -0.132. The Balaban J connectivity index is 1.63. The average molecular weight is 341 g/mol. The third kappa shape index (κ3) is 4.54. The van der Waals surface area contributed by atoms with E-state index in [-0.39, 0.29) is 18.1 Å². The number of aromatic nitrogens is 2. The number of carbonyl (C=O) groups is 1. The zero-order valence-electron chi connectivity index (χ0n) is 14.6. The highest BCUT2D eigenvalue weighted by atomic mass is 16.5. The van der Waals surface area contributed by atoms with E-state index in [4.69, 9.17) is 9.47 Å². The standard InChI is InChI=1S/C19H23N3O3/c1-14-5-6-15(10-21-14)8-19(23)22-12-18(24-2)9-16(22)13-25-17-4-3-7-20-11-17/h3-7,10-11,16,18H,8-9,12-13H2,1-2H3/t16-,18+/m0/s1. The Bertz CT molecular complexity index is 691. The molecule has 3 rings (SSSR count). The molecule has 0 aromatic carbocycles. The Kier molecular flexibility index (Phi) is 5.60. The number of carbonyl (C=O) groups excluding carboxylic acids is 1. The molecular weight excluding hydrogens is 318 g/mol. The first-order valence-electron chi connectivity index (χ1n) is 8.42. The topological polar surface area (TPSA) is 64.6 Å². The van der Waals surface area contributed by atoms with E-state index >= 15 is 0 Å². The number of pyridine rings is 2. The van der Waals surface area contributed by atoms with E-state index in [0.29, 0.717) is 25.3 Å². The van der Waals surface area contributed by atoms with E-state index in [0.717, 1.165) is 17.7 Å². The lowest BCUT2D eigenvalue weighted by Crippen LogP contribution is -2.40.